The first-order valence-corrected chi connectivity index (χ1v) is 13.4. The number of aromatic nitrogens is 1. The van der Waals surface area contributed by atoms with E-state index in [0.717, 1.165) is 19.3 Å². The van der Waals surface area contributed by atoms with Crippen molar-refractivity contribution in [3.05, 3.63) is 40.2 Å². The Hall–Kier alpha value is -2.83. The summed E-state index contributed by atoms with van der Waals surface area (Å²) >= 11 is 0. The van der Waals surface area contributed by atoms with Crippen LogP contribution in [0.3, 0.4) is 0 Å². The van der Waals surface area contributed by atoms with Gasteiger partial charge in [0.1, 0.15) is 11.3 Å². The molecule has 0 atom stereocenters. The molecule has 0 saturated carbocycles. The van der Waals surface area contributed by atoms with Gasteiger partial charge in [-0.05, 0) is 25.5 Å². The molecule has 2 amide bonds. The second-order valence-electron chi connectivity index (χ2n) is 9.29. The van der Waals surface area contributed by atoms with Crippen molar-refractivity contribution in [2.75, 3.05) is 0 Å². The molecule has 0 unspecified atom stereocenters. The van der Waals surface area contributed by atoms with Gasteiger partial charge in [0.25, 0.3) is 11.5 Å². The summed E-state index contributed by atoms with van der Waals surface area (Å²) < 4.78 is 1.43. The fourth-order valence-electron chi connectivity index (χ4n) is 4.46. The Morgan fingerprint density at radius 1 is 0.800 bits per heavy atom. The zero-order valence-electron chi connectivity index (χ0n) is 21.5. The van der Waals surface area contributed by atoms with E-state index in [1.165, 1.54) is 68.8 Å². The lowest BCUT2D eigenvalue weighted by atomic mass is 10.0. The number of aromatic hydroxyl groups is 1. The molecule has 35 heavy (non-hydrogen) atoms. The van der Waals surface area contributed by atoms with E-state index in [9.17, 15) is 19.5 Å². The molecule has 1 heterocycles. The number of nitrogens with zero attached hydrogens (tertiary/aromatic N) is 1. The lowest BCUT2D eigenvalue weighted by Gasteiger charge is -2.14. The van der Waals surface area contributed by atoms with Crippen LogP contribution in [0, 0.1) is 0 Å². The van der Waals surface area contributed by atoms with Gasteiger partial charge in [-0.3, -0.25) is 25.2 Å². The second-order valence-corrected chi connectivity index (χ2v) is 9.29. The minimum atomic E-state index is -0.820. The molecule has 2 rings (SSSR count). The van der Waals surface area contributed by atoms with Crippen molar-refractivity contribution in [2.24, 2.45) is 0 Å². The summed E-state index contributed by atoms with van der Waals surface area (Å²) in [4.78, 5) is 37.5. The number of rotatable bonds is 16. The van der Waals surface area contributed by atoms with Crippen LogP contribution < -0.4 is 16.4 Å². The Kier molecular flexibility index (Phi) is 12.9. The smallest absolute Gasteiger partial charge is 0.279 e. The van der Waals surface area contributed by atoms with Crippen LogP contribution in [0.15, 0.2) is 29.1 Å². The highest BCUT2D eigenvalue weighted by Gasteiger charge is 2.22. The van der Waals surface area contributed by atoms with E-state index in [2.05, 4.69) is 17.8 Å². The summed E-state index contributed by atoms with van der Waals surface area (Å²) in [5.74, 6) is -1.50. The number of hydrogen-bond acceptors (Lipinski definition) is 4. The topological polar surface area (TPSA) is 100 Å². The van der Waals surface area contributed by atoms with E-state index in [1.807, 2.05) is 0 Å². The molecule has 0 aliphatic rings. The molecule has 1 aromatic heterocycles. The van der Waals surface area contributed by atoms with Crippen LogP contribution in [0.25, 0.3) is 10.9 Å². The highest BCUT2D eigenvalue weighted by atomic mass is 16.3. The van der Waals surface area contributed by atoms with E-state index >= 15 is 0 Å². The monoisotopic (exact) mass is 485 g/mol. The highest BCUT2D eigenvalue weighted by molar-refractivity contribution is 6.02. The van der Waals surface area contributed by atoms with Gasteiger partial charge >= 0.3 is 0 Å². The number of carbonyl (C=O) groups excluding carboxylic acids is 2. The van der Waals surface area contributed by atoms with Crippen molar-refractivity contribution in [2.45, 2.75) is 110 Å². The van der Waals surface area contributed by atoms with Crippen molar-refractivity contribution < 1.29 is 14.7 Å². The lowest BCUT2D eigenvalue weighted by molar-refractivity contribution is -0.122. The molecule has 1 aromatic carbocycles. The average Bonchev–Trinajstić information content (AvgIpc) is 2.86. The van der Waals surface area contributed by atoms with Gasteiger partial charge in [0.15, 0.2) is 0 Å². The Balaban J connectivity index is 1.65. The normalized spacial score (nSPS) is 11.0. The molecule has 0 saturated heterocycles. The van der Waals surface area contributed by atoms with Crippen LogP contribution in [0.5, 0.6) is 5.75 Å². The summed E-state index contributed by atoms with van der Waals surface area (Å²) in [6, 6.07) is 6.87. The van der Waals surface area contributed by atoms with Crippen LogP contribution in [-0.2, 0) is 11.3 Å². The first-order chi connectivity index (χ1) is 17.0. The maximum atomic E-state index is 12.8. The molecule has 0 fully saturated rings. The largest absolute Gasteiger partial charge is 0.506 e. The molecule has 194 valence electrons. The predicted molar refractivity (Wildman–Crippen MR) is 141 cm³/mol. The SMILES string of the molecule is CCCCCCCCCCCCCCCC(=O)NNC(=O)c1c(O)c2ccccc2n(CC)c1=O. The fraction of sp³-hybridized carbons (Fsp3) is 0.607. The van der Waals surface area contributed by atoms with Crippen molar-refractivity contribution in [3.63, 3.8) is 0 Å². The zero-order valence-corrected chi connectivity index (χ0v) is 21.5. The summed E-state index contributed by atoms with van der Waals surface area (Å²) in [5.41, 5.74) is 4.24. The van der Waals surface area contributed by atoms with Gasteiger partial charge < -0.3 is 9.67 Å². The van der Waals surface area contributed by atoms with Gasteiger partial charge in [-0.15, -0.1) is 0 Å². The third kappa shape index (κ3) is 9.04. The number of fused-ring (bicyclic) bond motifs is 1. The minimum Gasteiger partial charge on any atom is -0.506 e. The van der Waals surface area contributed by atoms with Gasteiger partial charge in [-0.25, -0.2) is 0 Å². The number of amides is 2. The lowest BCUT2D eigenvalue weighted by Crippen LogP contribution is -2.44. The molecule has 0 spiro atoms. The number of benzene rings is 1. The minimum absolute atomic E-state index is 0.306. The van der Waals surface area contributed by atoms with Gasteiger partial charge in [-0.1, -0.05) is 96.1 Å². The first kappa shape index (κ1) is 28.4. The van der Waals surface area contributed by atoms with E-state index in [-0.39, 0.29) is 17.2 Å². The maximum Gasteiger partial charge on any atom is 0.279 e. The number of pyridine rings is 1. The fourth-order valence-corrected chi connectivity index (χ4v) is 4.46. The van der Waals surface area contributed by atoms with Crippen LogP contribution in [0.1, 0.15) is 114 Å². The number of nitrogens with one attached hydrogen (secondary N) is 2. The molecular weight excluding hydrogens is 442 g/mol. The predicted octanol–water partition coefficient (Wildman–Crippen LogP) is 5.97. The van der Waals surface area contributed by atoms with E-state index < -0.39 is 11.5 Å². The van der Waals surface area contributed by atoms with Crippen LogP contribution >= 0.6 is 0 Å². The molecule has 7 nitrogen and oxygen atoms in total. The molecule has 0 aliphatic carbocycles. The highest BCUT2D eigenvalue weighted by Crippen LogP contribution is 2.26. The molecule has 2 aromatic rings. The van der Waals surface area contributed by atoms with Crippen molar-refractivity contribution in [3.8, 4) is 5.75 Å². The Morgan fingerprint density at radius 3 is 1.91 bits per heavy atom. The van der Waals surface area contributed by atoms with Crippen LogP contribution in [0.4, 0.5) is 0 Å². The Labute approximate surface area is 209 Å². The van der Waals surface area contributed by atoms with Gasteiger partial charge in [0, 0.05) is 18.4 Å². The Bertz CT molecular complexity index is 1000. The van der Waals surface area contributed by atoms with Crippen LogP contribution in [-0.4, -0.2) is 21.5 Å². The maximum absolute atomic E-state index is 12.8. The quantitative estimate of drug-likeness (QED) is 0.201. The molecule has 0 aliphatic heterocycles. The molecular formula is C28H43N3O4. The average molecular weight is 486 g/mol. The summed E-state index contributed by atoms with van der Waals surface area (Å²) in [5, 5.41) is 10.9. The van der Waals surface area contributed by atoms with E-state index in [4.69, 9.17) is 0 Å². The number of carbonyl (C=O) groups is 2. The van der Waals surface area contributed by atoms with Crippen molar-refractivity contribution in [1.82, 2.24) is 15.4 Å². The number of unbranched alkanes of at least 4 members (excludes halogenated alkanes) is 12. The number of para-hydroxylation sites is 1. The van der Waals surface area contributed by atoms with Crippen molar-refractivity contribution in [1.29, 1.82) is 0 Å². The molecule has 7 heteroatoms. The van der Waals surface area contributed by atoms with Crippen LogP contribution in [0.2, 0.25) is 0 Å². The number of hydrazine groups is 1. The number of aryl methyl sites for hydroxylation is 1. The summed E-state index contributed by atoms with van der Waals surface area (Å²) in [7, 11) is 0. The summed E-state index contributed by atoms with van der Waals surface area (Å²) in [6.07, 6.45) is 16.3. The molecule has 3 N–H and O–H groups in total. The van der Waals surface area contributed by atoms with E-state index in [1.54, 1.807) is 31.2 Å². The zero-order chi connectivity index (χ0) is 25.5. The van der Waals surface area contributed by atoms with Gasteiger partial charge in [0.05, 0.1) is 5.52 Å². The van der Waals surface area contributed by atoms with Gasteiger partial charge in [0.2, 0.25) is 5.91 Å². The third-order valence-electron chi connectivity index (χ3n) is 6.51. The second kappa shape index (κ2) is 16.0. The summed E-state index contributed by atoms with van der Waals surface area (Å²) in [6.45, 7) is 4.39. The van der Waals surface area contributed by atoms with E-state index in [0.29, 0.717) is 23.9 Å². The van der Waals surface area contributed by atoms with Gasteiger partial charge in [-0.2, -0.15) is 0 Å². The van der Waals surface area contributed by atoms with Crippen molar-refractivity contribution >= 4 is 22.7 Å². The Morgan fingerprint density at radius 2 is 1.34 bits per heavy atom. The standard InChI is InChI=1S/C28H43N3O4/c1-3-5-6-7-8-9-10-11-12-13-14-15-16-21-24(32)29-30-27(34)25-26(33)22-19-17-18-20-23(22)31(4-2)28(25)35/h17-20,33H,3-16,21H2,1-2H3,(H,29,32)(H,30,34). The third-order valence-corrected chi connectivity index (χ3v) is 6.51. The number of hydrogen-bond donors (Lipinski definition) is 3. The first-order valence-electron chi connectivity index (χ1n) is 13.4. The molecule has 0 bridgehead atoms. The molecule has 0 radical (unpaired) electrons.